The molecule has 0 spiro atoms. The molecule has 0 radical (unpaired) electrons. The monoisotopic (exact) mass is 564 g/mol. The van der Waals surface area contributed by atoms with Gasteiger partial charge in [0, 0.05) is 45.8 Å². The predicted molar refractivity (Wildman–Crippen MR) is 135 cm³/mol. The molecule has 2 atom stereocenters. The van der Waals surface area contributed by atoms with Gasteiger partial charge in [-0.15, -0.1) is 24.0 Å². The van der Waals surface area contributed by atoms with Crippen molar-refractivity contribution >= 4 is 29.9 Å². The molecule has 9 heteroatoms. The summed E-state index contributed by atoms with van der Waals surface area (Å²) in [5.41, 5.74) is 0.965. The van der Waals surface area contributed by atoms with E-state index in [0.717, 1.165) is 57.3 Å². The number of benzene rings is 1. The zero-order valence-corrected chi connectivity index (χ0v) is 21.6. The van der Waals surface area contributed by atoms with Gasteiger partial charge in [0.25, 0.3) is 0 Å². The first kappa shape index (κ1) is 27.2. The maximum atomic E-state index is 13.9. The van der Waals surface area contributed by atoms with Crippen LogP contribution in [-0.2, 0) is 14.2 Å². The lowest BCUT2D eigenvalue weighted by Gasteiger charge is -2.34. The van der Waals surface area contributed by atoms with Crippen LogP contribution in [-0.4, -0.2) is 95.2 Å². The first-order valence-electron chi connectivity index (χ1n) is 11.4. The van der Waals surface area contributed by atoms with Crippen LogP contribution < -0.4 is 5.32 Å². The molecule has 1 aromatic rings. The number of ether oxygens (including phenoxy) is 3. The van der Waals surface area contributed by atoms with E-state index in [1.807, 2.05) is 6.07 Å². The summed E-state index contributed by atoms with van der Waals surface area (Å²) in [7, 11) is 1.69. The van der Waals surface area contributed by atoms with E-state index in [-0.39, 0.29) is 35.8 Å². The van der Waals surface area contributed by atoms with E-state index >= 15 is 0 Å². The fourth-order valence-electron chi connectivity index (χ4n) is 4.19. The third-order valence-electron chi connectivity index (χ3n) is 5.84. The van der Waals surface area contributed by atoms with Gasteiger partial charge in [0.1, 0.15) is 5.82 Å². The summed E-state index contributed by atoms with van der Waals surface area (Å²) in [4.78, 5) is 9.65. The number of nitrogens with zero attached hydrogens (tertiary/aromatic N) is 3. The lowest BCUT2D eigenvalue weighted by Crippen LogP contribution is -2.43. The number of rotatable bonds is 10. The molecule has 3 rings (SSSR count). The number of nitrogens with one attached hydrogen (secondary N) is 1. The summed E-state index contributed by atoms with van der Waals surface area (Å²) in [5, 5.41) is 3.44. The highest BCUT2D eigenvalue weighted by atomic mass is 127. The zero-order chi connectivity index (χ0) is 21.9. The van der Waals surface area contributed by atoms with Crippen molar-refractivity contribution in [1.82, 2.24) is 15.1 Å². The Morgan fingerprint density at radius 1 is 1.28 bits per heavy atom. The Morgan fingerprint density at radius 3 is 2.81 bits per heavy atom. The molecular formula is C23H38FIN4O3. The average molecular weight is 564 g/mol. The third-order valence-corrected chi connectivity index (χ3v) is 5.84. The number of methoxy groups -OCH3 is 1. The molecule has 2 aliphatic heterocycles. The van der Waals surface area contributed by atoms with E-state index < -0.39 is 0 Å². The average Bonchev–Trinajstić information content (AvgIpc) is 3.26. The van der Waals surface area contributed by atoms with Crippen molar-refractivity contribution in [3.8, 4) is 0 Å². The normalized spacial score (nSPS) is 20.8. The second kappa shape index (κ2) is 15.0. The Balaban J connectivity index is 0.00000363. The highest BCUT2D eigenvalue weighted by Gasteiger charge is 2.27. The first-order valence-corrected chi connectivity index (χ1v) is 11.4. The van der Waals surface area contributed by atoms with E-state index in [2.05, 4.69) is 22.0 Å². The Labute approximate surface area is 208 Å². The van der Waals surface area contributed by atoms with E-state index in [1.165, 1.54) is 6.07 Å². The maximum absolute atomic E-state index is 13.9. The van der Waals surface area contributed by atoms with Gasteiger partial charge in [0.2, 0.25) is 0 Å². The molecule has 1 N–H and O–H groups in total. The molecule has 0 aliphatic carbocycles. The van der Waals surface area contributed by atoms with Gasteiger partial charge in [-0.05, 0) is 31.0 Å². The second-order valence-electron chi connectivity index (χ2n) is 8.08. The third kappa shape index (κ3) is 8.40. The van der Waals surface area contributed by atoms with Crippen LogP contribution in [0.25, 0.3) is 0 Å². The lowest BCUT2D eigenvalue weighted by molar-refractivity contribution is 0.0179. The molecule has 0 amide bonds. The number of likely N-dealkylation sites (tertiary alicyclic amines) is 1. The highest BCUT2D eigenvalue weighted by Crippen LogP contribution is 2.24. The topological polar surface area (TPSA) is 58.6 Å². The van der Waals surface area contributed by atoms with Crippen LogP contribution in [0.2, 0.25) is 0 Å². The lowest BCUT2D eigenvalue weighted by atomic mass is 10.0. The highest BCUT2D eigenvalue weighted by molar-refractivity contribution is 14.0. The van der Waals surface area contributed by atoms with E-state index in [9.17, 15) is 4.39 Å². The Morgan fingerprint density at radius 2 is 2.09 bits per heavy atom. The summed E-state index contributed by atoms with van der Waals surface area (Å²) < 4.78 is 30.2. The number of morpholine rings is 1. The molecule has 182 valence electrons. The van der Waals surface area contributed by atoms with E-state index in [4.69, 9.17) is 19.2 Å². The molecule has 2 heterocycles. The summed E-state index contributed by atoms with van der Waals surface area (Å²) in [6.07, 6.45) is 1.09. The van der Waals surface area contributed by atoms with Crippen LogP contribution in [0.15, 0.2) is 29.3 Å². The van der Waals surface area contributed by atoms with Gasteiger partial charge >= 0.3 is 0 Å². The summed E-state index contributed by atoms with van der Waals surface area (Å²) >= 11 is 0. The SMILES string of the molecule is CCNC(=NCC(c1cccc(F)c1)N1CCOCC1)N1CCC(COCCOC)C1.I. The van der Waals surface area contributed by atoms with Crippen LogP contribution in [0.4, 0.5) is 4.39 Å². The maximum Gasteiger partial charge on any atom is 0.193 e. The van der Waals surface area contributed by atoms with Gasteiger partial charge in [0.05, 0.1) is 45.6 Å². The van der Waals surface area contributed by atoms with Gasteiger partial charge in [-0.3, -0.25) is 9.89 Å². The molecule has 2 aliphatic rings. The van der Waals surface area contributed by atoms with Crippen molar-refractivity contribution in [2.75, 3.05) is 79.4 Å². The Kier molecular flexibility index (Phi) is 12.8. The van der Waals surface area contributed by atoms with Crippen molar-refractivity contribution in [3.63, 3.8) is 0 Å². The zero-order valence-electron chi connectivity index (χ0n) is 19.3. The number of hydrogen-bond donors (Lipinski definition) is 1. The fraction of sp³-hybridized carbons (Fsp3) is 0.696. The predicted octanol–water partition coefficient (Wildman–Crippen LogP) is 2.77. The Bertz CT molecular complexity index is 691. The molecule has 0 bridgehead atoms. The van der Waals surface area contributed by atoms with Gasteiger partial charge in [0.15, 0.2) is 5.96 Å². The molecule has 2 fully saturated rings. The van der Waals surface area contributed by atoms with Crippen LogP contribution >= 0.6 is 24.0 Å². The van der Waals surface area contributed by atoms with E-state index in [1.54, 1.807) is 19.2 Å². The molecule has 0 aromatic heterocycles. The van der Waals surface area contributed by atoms with Crippen molar-refractivity contribution in [2.45, 2.75) is 19.4 Å². The molecule has 32 heavy (non-hydrogen) atoms. The smallest absolute Gasteiger partial charge is 0.193 e. The number of aliphatic imine (C=N–C) groups is 1. The number of halogens is 2. The van der Waals surface area contributed by atoms with Crippen LogP contribution in [0, 0.1) is 11.7 Å². The van der Waals surface area contributed by atoms with Gasteiger partial charge in [-0.1, -0.05) is 12.1 Å². The molecule has 0 saturated carbocycles. The Hall–Kier alpha value is -1.01. The molecular weight excluding hydrogens is 526 g/mol. The minimum absolute atomic E-state index is 0. The van der Waals surface area contributed by atoms with E-state index in [0.29, 0.717) is 38.9 Å². The largest absolute Gasteiger partial charge is 0.382 e. The molecule has 2 unspecified atom stereocenters. The molecule has 7 nitrogen and oxygen atoms in total. The van der Waals surface area contributed by atoms with Crippen molar-refractivity contribution in [1.29, 1.82) is 0 Å². The van der Waals surface area contributed by atoms with Gasteiger partial charge < -0.3 is 24.4 Å². The number of hydrogen-bond acceptors (Lipinski definition) is 5. The summed E-state index contributed by atoms with van der Waals surface area (Å²) in [6, 6.07) is 6.93. The standard InChI is InChI=1S/C23H37FN4O3.HI/c1-3-25-23(28-8-7-19(17-28)18-31-14-13-29-2)26-16-22(27-9-11-30-12-10-27)20-5-4-6-21(24)15-20;/h4-6,15,19,22H,3,7-14,16-18H2,1-2H3,(H,25,26);1H. The second-order valence-corrected chi connectivity index (χ2v) is 8.08. The fourth-order valence-corrected chi connectivity index (χ4v) is 4.19. The molecule has 2 saturated heterocycles. The van der Waals surface area contributed by atoms with Crippen LogP contribution in [0.1, 0.15) is 24.9 Å². The van der Waals surface area contributed by atoms with Crippen molar-refractivity contribution < 1.29 is 18.6 Å². The van der Waals surface area contributed by atoms with Crippen molar-refractivity contribution in [3.05, 3.63) is 35.6 Å². The summed E-state index contributed by atoms with van der Waals surface area (Å²) in [6.45, 7) is 10.5. The number of guanidine groups is 1. The minimum atomic E-state index is -0.206. The quantitative estimate of drug-likeness (QED) is 0.204. The minimum Gasteiger partial charge on any atom is -0.382 e. The van der Waals surface area contributed by atoms with Crippen molar-refractivity contribution in [2.24, 2.45) is 10.9 Å². The first-order chi connectivity index (χ1) is 15.2. The van der Waals surface area contributed by atoms with Crippen LogP contribution in [0.3, 0.4) is 0 Å². The van der Waals surface area contributed by atoms with Gasteiger partial charge in [-0.25, -0.2) is 4.39 Å². The molecule has 1 aromatic carbocycles. The van der Waals surface area contributed by atoms with Crippen LogP contribution in [0.5, 0.6) is 0 Å². The van der Waals surface area contributed by atoms with Gasteiger partial charge in [-0.2, -0.15) is 0 Å². The summed E-state index contributed by atoms with van der Waals surface area (Å²) in [5.74, 6) is 1.22.